The monoisotopic (exact) mass is 291 g/mol. The van der Waals surface area contributed by atoms with Crippen molar-refractivity contribution in [2.24, 2.45) is 0 Å². The fourth-order valence-electron chi connectivity index (χ4n) is 1.56. The molecule has 1 heterocycles. The van der Waals surface area contributed by atoms with Gasteiger partial charge in [0, 0.05) is 23.6 Å². The molecule has 20 heavy (non-hydrogen) atoms. The average Bonchev–Trinajstić information content (AvgIpc) is 2.48. The minimum atomic E-state index is -3.57. The summed E-state index contributed by atoms with van der Waals surface area (Å²) in [6, 6.07) is 9.10. The maximum Gasteiger partial charge on any atom is 0.255 e. The van der Waals surface area contributed by atoms with E-state index in [0.717, 1.165) is 0 Å². The molecular weight excluding hydrogens is 278 g/mol. The zero-order chi connectivity index (χ0) is 14.6. The van der Waals surface area contributed by atoms with Gasteiger partial charge < -0.3 is 5.32 Å². The van der Waals surface area contributed by atoms with E-state index in [4.69, 9.17) is 0 Å². The van der Waals surface area contributed by atoms with Crippen LogP contribution in [-0.4, -0.2) is 26.4 Å². The van der Waals surface area contributed by atoms with Gasteiger partial charge in [-0.3, -0.25) is 9.78 Å². The molecule has 2 N–H and O–H groups in total. The van der Waals surface area contributed by atoms with Crippen LogP contribution in [0.15, 0.2) is 53.7 Å². The highest BCUT2D eigenvalue weighted by molar-refractivity contribution is 7.89. The Balaban J connectivity index is 2.26. The van der Waals surface area contributed by atoms with Crippen molar-refractivity contribution < 1.29 is 13.2 Å². The Morgan fingerprint density at radius 1 is 1.15 bits per heavy atom. The summed E-state index contributed by atoms with van der Waals surface area (Å²) in [4.78, 5) is 15.9. The summed E-state index contributed by atoms with van der Waals surface area (Å²) in [6.45, 7) is 0. The van der Waals surface area contributed by atoms with Gasteiger partial charge in [0.25, 0.3) is 5.91 Å². The van der Waals surface area contributed by atoms with Gasteiger partial charge in [0.1, 0.15) is 0 Å². The minimum Gasteiger partial charge on any atom is -0.322 e. The summed E-state index contributed by atoms with van der Waals surface area (Å²) in [5, 5.41) is 2.66. The lowest BCUT2D eigenvalue weighted by molar-refractivity contribution is 0.102. The van der Waals surface area contributed by atoms with Gasteiger partial charge in [-0.25, -0.2) is 13.1 Å². The number of carbonyl (C=O) groups excluding carboxylic acids is 1. The quantitative estimate of drug-likeness (QED) is 0.887. The van der Waals surface area contributed by atoms with Gasteiger partial charge in [0.2, 0.25) is 10.0 Å². The molecule has 0 aliphatic heterocycles. The SMILES string of the molecule is CNS(=O)(=O)c1cccc(C(=O)Nc2ccncc2)c1. The Kier molecular flexibility index (Phi) is 4.11. The number of rotatable bonds is 4. The van der Waals surface area contributed by atoms with Gasteiger partial charge in [-0.2, -0.15) is 0 Å². The number of anilines is 1. The smallest absolute Gasteiger partial charge is 0.255 e. The number of hydrogen-bond donors (Lipinski definition) is 2. The van der Waals surface area contributed by atoms with Crippen LogP contribution in [0.2, 0.25) is 0 Å². The highest BCUT2D eigenvalue weighted by Crippen LogP contribution is 2.13. The molecule has 104 valence electrons. The molecule has 0 aliphatic carbocycles. The number of nitrogens with one attached hydrogen (secondary N) is 2. The number of sulfonamides is 1. The van der Waals surface area contributed by atoms with E-state index in [1.54, 1.807) is 30.6 Å². The zero-order valence-corrected chi connectivity index (χ0v) is 11.5. The molecule has 0 fully saturated rings. The first-order valence-corrected chi connectivity index (χ1v) is 7.26. The fourth-order valence-corrected chi connectivity index (χ4v) is 2.34. The predicted octanol–water partition coefficient (Wildman–Crippen LogP) is 1.24. The van der Waals surface area contributed by atoms with Crippen molar-refractivity contribution in [1.82, 2.24) is 9.71 Å². The normalized spacial score (nSPS) is 11.1. The van der Waals surface area contributed by atoms with Crippen LogP contribution in [0.5, 0.6) is 0 Å². The van der Waals surface area contributed by atoms with E-state index in [0.29, 0.717) is 5.69 Å². The summed E-state index contributed by atoms with van der Waals surface area (Å²) < 4.78 is 25.6. The molecule has 6 nitrogen and oxygen atoms in total. The standard InChI is InChI=1S/C13H13N3O3S/c1-14-20(18,19)12-4-2-3-10(9-12)13(17)16-11-5-7-15-8-6-11/h2-9,14H,1H3,(H,15,16,17). The molecule has 0 saturated heterocycles. The number of carbonyl (C=O) groups is 1. The van der Waals surface area contributed by atoms with Gasteiger partial charge in [0.15, 0.2) is 0 Å². The number of nitrogens with zero attached hydrogens (tertiary/aromatic N) is 1. The largest absolute Gasteiger partial charge is 0.322 e. The number of pyridine rings is 1. The van der Waals surface area contributed by atoms with Gasteiger partial charge in [-0.05, 0) is 37.4 Å². The molecule has 2 aromatic rings. The first-order valence-electron chi connectivity index (χ1n) is 5.78. The molecule has 7 heteroatoms. The van der Waals surface area contributed by atoms with Crippen LogP contribution in [0.25, 0.3) is 0 Å². The molecule has 1 aromatic carbocycles. The highest BCUT2D eigenvalue weighted by atomic mass is 32.2. The van der Waals surface area contributed by atoms with Gasteiger partial charge >= 0.3 is 0 Å². The van der Waals surface area contributed by atoms with Crippen molar-refractivity contribution in [3.8, 4) is 0 Å². The van der Waals surface area contributed by atoms with Crippen LogP contribution in [-0.2, 0) is 10.0 Å². The molecule has 1 amide bonds. The molecule has 0 spiro atoms. The van der Waals surface area contributed by atoms with Crippen molar-refractivity contribution in [3.63, 3.8) is 0 Å². The second-order valence-electron chi connectivity index (χ2n) is 3.93. The van der Waals surface area contributed by atoms with Gasteiger partial charge in [0.05, 0.1) is 4.90 Å². The molecule has 0 atom stereocenters. The molecule has 0 aliphatic rings. The topological polar surface area (TPSA) is 88.2 Å². The Morgan fingerprint density at radius 2 is 1.85 bits per heavy atom. The highest BCUT2D eigenvalue weighted by Gasteiger charge is 2.14. The summed E-state index contributed by atoms with van der Waals surface area (Å²) in [5.74, 6) is -0.385. The molecule has 0 saturated carbocycles. The molecule has 0 radical (unpaired) electrons. The van der Waals surface area contributed by atoms with Crippen molar-refractivity contribution in [1.29, 1.82) is 0 Å². The number of benzene rings is 1. The Hall–Kier alpha value is -2.25. The van der Waals surface area contributed by atoms with Gasteiger partial charge in [-0.15, -0.1) is 0 Å². The number of aromatic nitrogens is 1. The lowest BCUT2D eigenvalue weighted by atomic mass is 10.2. The first-order chi connectivity index (χ1) is 9.53. The van der Waals surface area contributed by atoms with E-state index < -0.39 is 10.0 Å². The van der Waals surface area contributed by atoms with E-state index in [-0.39, 0.29) is 16.4 Å². The second-order valence-corrected chi connectivity index (χ2v) is 5.81. The third-order valence-electron chi connectivity index (χ3n) is 2.61. The lowest BCUT2D eigenvalue weighted by Gasteiger charge is -2.07. The summed E-state index contributed by atoms with van der Waals surface area (Å²) in [6.07, 6.45) is 3.11. The van der Waals surface area contributed by atoms with Crippen LogP contribution in [0.1, 0.15) is 10.4 Å². The van der Waals surface area contributed by atoms with Crippen LogP contribution in [0.3, 0.4) is 0 Å². The molecule has 1 aromatic heterocycles. The summed E-state index contributed by atoms with van der Waals surface area (Å²) in [5.41, 5.74) is 0.852. The molecular formula is C13H13N3O3S. The maximum absolute atomic E-state index is 12.0. The zero-order valence-electron chi connectivity index (χ0n) is 10.7. The number of amides is 1. The predicted molar refractivity (Wildman–Crippen MR) is 74.9 cm³/mol. The molecule has 0 unspecified atom stereocenters. The van der Waals surface area contributed by atoms with Crippen molar-refractivity contribution >= 4 is 21.6 Å². The van der Waals surface area contributed by atoms with E-state index in [2.05, 4.69) is 15.0 Å². The van der Waals surface area contributed by atoms with Crippen molar-refractivity contribution in [2.75, 3.05) is 12.4 Å². The Morgan fingerprint density at radius 3 is 2.50 bits per heavy atom. The van der Waals surface area contributed by atoms with Crippen LogP contribution in [0.4, 0.5) is 5.69 Å². The average molecular weight is 291 g/mol. The third-order valence-corrected chi connectivity index (χ3v) is 4.03. The summed E-state index contributed by atoms with van der Waals surface area (Å²) in [7, 11) is -2.25. The first kappa shape index (κ1) is 14.2. The summed E-state index contributed by atoms with van der Waals surface area (Å²) >= 11 is 0. The van der Waals surface area contributed by atoms with E-state index in [9.17, 15) is 13.2 Å². The molecule has 0 bridgehead atoms. The lowest BCUT2D eigenvalue weighted by Crippen LogP contribution is -2.19. The van der Waals surface area contributed by atoms with Crippen LogP contribution < -0.4 is 10.0 Å². The van der Waals surface area contributed by atoms with E-state index >= 15 is 0 Å². The van der Waals surface area contributed by atoms with Crippen molar-refractivity contribution in [2.45, 2.75) is 4.90 Å². The van der Waals surface area contributed by atoms with Gasteiger partial charge in [-0.1, -0.05) is 6.07 Å². The maximum atomic E-state index is 12.0. The molecule has 2 rings (SSSR count). The van der Waals surface area contributed by atoms with Crippen molar-refractivity contribution in [3.05, 3.63) is 54.4 Å². The number of hydrogen-bond acceptors (Lipinski definition) is 4. The van der Waals surface area contributed by atoms with E-state index in [1.165, 1.54) is 25.2 Å². The van der Waals surface area contributed by atoms with Crippen LogP contribution in [0, 0.1) is 0 Å². The Labute approximate surface area is 116 Å². The van der Waals surface area contributed by atoms with E-state index in [1.807, 2.05) is 0 Å². The minimum absolute atomic E-state index is 0.0439. The van der Waals surface area contributed by atoms with Crippen LogP contribution >= 0.6 is 0 Å². The fraction of sp³-hybridized carbons (Fsp3) is 0.0769. The Bertz CT molecular complexity index is 715. The second kappa shape index (κ2) is 5.81. The third kappa shape index (κ3) is 3.19.